The first kappa shape index (κ1) is 5.01. The zero-order chi connectivity index (χ0) is 6.27. The molecule has 2 aliphatic carbocycles. The number of hydrogen-bond donors (Lipinski definition) is 0. The van der Waals surface area contributed by atoms with Crippen molar-refractivity contribution in [1.82, 2.24) is 0 Å². The van der Waals surface area contributed by atoms with E-state index in [1.165, 1.54) is 6.42 Å². The highest BCUT2D eigenvalue weighted by Crippen LogP contribution is 2.41. The van der Waals surface area contributed by atoms with Crippen LogP contribution >= 0.6 is 0 Å². The summed E-state index contributed by atoms with van der Waals surface area (Å²) in [6, 6.07) is 0. The monoisotopic (exact) mass is 120 g/mol. The lowest BCUT2D eigenvalue weighted by Gasteiger charge is -2.00. The van der Waals surface area contributed by atoms with Gasteiger partial charge in [0.15, 0.2) is 0 Å². The van der Waals surface area contributed by atoms with Gasteiger partial charge in [0.25, 0.3) is 0 Å². The minimum Gasteiger partial charge on any atom is -0.234 e. The van der Waals surface area contributed by atoms with E-state index in [2.05, 4.69) is 12.2 Å². The summed E-state index contributed by atoms with van der Waals surface area (Å²) in [5.41, 5.74) is 0.988. The van der Waals surface area contributed by atoms with Crippen molar-refractivity contribution in [3.8, 4) is 0 Å². The second-order valence-electron chi connectivity index (χ2n) is 2.82. The molecule has 2 unspecified atom stereocenters. The number of carbonyl (C=O) groups excluding carboxylic acids is 1. The molecule has 0 saturated heterocycles. The van der Waals surface area contributed by atoms with Gasteiger partial charge in [-0.15, -0.1) is 0 Å². The van der Waals surface area contributed by atoms with Crippen molar-refractivity contribution < 1.29 is 4.79 Å². The second kappa shape index (κ2) is 1.58. The van der Waals surface area contributed by atoms with Crippen LogP contribution in [0.4, 0.5) is 0 Å². The Labute approximate surface area is 54.1 Å². The molecular formula is C8H8O. The van der Waals surface area contributed by atoms with E-state index in [4.69, 9.17) is 0 Å². The first-order chi connectivity index (χ1) is 4.40. The van der Waals surface area contributed by atoms with Gasteiger partial charge in [-0.3, -0.25) is 0 Å². The molecule has 1 saturated carbocycles. The van der Waals surface area contributed by atoms with Crippen LogP contribution in [0.1, 0.15) is 12.8 Å². The van der Waals surface area contributed by atoms with Crippen LogP contribution in [0.3, 0.4) is 0 Å². The smallest absolute Gasteiger partial charge is 0.124 e. The molecule has 2 rings (SSSR count). The normalized spacial score (nSPS) is 37.6. The number of rotatable bonds is 0. The average molecular weight is 120 g/mol. The van der Waals surface area contributed by atoms with Crippen LogP contribution in [0.2, 0.25) is 0 Å². The second-order valence-corrected chi connectivity index (χ2v) is 2.82. The van der Waals surface area contributed by atoms with E-state index in [1.807, 2.05) is 5.94 Å². The molecule has 0 spiro atoms. The molecule has 2 bridgehead atoms. The third kappa shape index (κ3) is 0.585. The number of hydrogen-bond acceptors (Lipinski definition) is 1. The Morgan fingerprint density at radius 3 is 2.78 bits per heavy atom. The van der Waals surface area contributed by atoms with E-state index in [-0.39, 0.29) is 0 Å². The Morgan fingerprint density at radius 2 is 2.44 bits per heavy atom. The minimum absolute atomic E-state index is 0.465. The average Bonchev–Trinajstić information content (AvgIpc) is 2.45. The fourth-order valence-electron chi connectivity index (χ4n) is 1.74. The highest BCUT2D eigenvalue weighted by Gasteiger charge is 2.31. The largest absolute Gasteiger partial charge is 0.234 e. The van der Waals surface area contributed by atoms with Crippen molar-refractivity contribution in [3.63, 3.8) is 0 Å². The molecule has 0 aliphatic heterocycles. The van der Waals surface area contributed by atoms with Crippen molar-refractivity contribution in [3.05, 3.63) is 17.7 Å². The summed E-state index contributed by atoms with van der Waals surface area (Å²) in [4.78, 5) is 10.2. The Kier molecular flexibility index (Phi) is 0.882. The van der Waals surface area contributed by atoms with Gasteiger partial charge in [0.2, 0.25) is 0 Å². The molecule has 0 radical (unpaired) electrons. The van der Waals surface area contributed by atoms with Crippen LogP contribution in [0, 0.1) is 11.8 Å². The molecule has 0 aromatic heterocycles. The highest BCUT2D eigenvalue weighted by molar-refractivity contribution is 5.57. The zero-order valence-electron chi connectivity index (χ0n) is 5.13. The van der Waals surface area contributed by atoms with Crippen molar-refractivity contribution in [2.75, 3.05) is 0 Å². The molecule has 1 nitrogen and oxygen atoms in total. The number of allylic oxidation sites excluding steroid dienone is 3. The van der Waals surface area contributed by atoms with Crippen LogP contribution in [0.25, 0.3) is 0 Å². The van der Waals surface area contributed by atoms with E-state index in [0.29, 0.717) is 11.8 Å². The van der Waals surface area contributed by atoms with E-state index >= 15 is 0 Å². The molecule has 0 amide bonds. The molecule has 0 aromatic rings. The van der Waals surface area contributed by atoms with Crippen LogP contribution in [0.5, 0.6) is 0 Å². The summed E-state index contributed by atoms with van der Waals surface area (Å²) in [7, 11) is 0. The van der Waals surface area contributed by atoms with Gasteiger partial charge in [0.05, 0.1) is 0 Å². The predicted octanol–water partition coefficient (Wildman–Crippen LogP) is 1.34. The lowest BCUT2D eigenvalue weighted by Crippen LogP contribution is -1.91. The van der Waals surface area contributed by atoms with Gasteiger partial charge in [-0.25, -0.2) is 4.79 Å². The van der Waals surface area contributed by atoms with Crippen molar-refractivity contribution in [2.24, 2.45) is 11.8 Å². The van der Waals surface area contributed by atoms with E-state index < -0.39 is 0 Å². The molecule has 1 heteroatoms. The van der Waals surface area contributed by atoms with Crippen LogP contribution < -0.4 is 0 Å². The minimum atomic E-state index is 0.465. The summed E-state index contributed by atoms with van der Waals surface area (Å²) in [6.07, 6.45) is 6.50. The van der Waals surface area contributed by atoms with Gasteiger partial charge in [-0.1, -0.05) is 12.2 Å². The lowest BCUT2D eigenvalue weighted by molar-refractivity contribution is 0.564. The Bertz CT molecular complexity index is 209. The topological polar surface area (TPSA) is 17.1 Å². The Hall–Kier alpha value is -0.810. The van der Waals surface area contributed by atoms with Gasteiger partial charge in [0, 0.05) is 11.5 Å². The van der Waals surface area contributed by atoms with E-state index in [1.54, 1.807) is 0 Å². The predicted molar refractivity (Wildman–Crippen MR) is 34.6 cm³/mol. The summed E-state index contributed by atoms with van der Waals surface area (Å²) >= 11 is 0. The standard InChI is InChI=1S/C8H8O/c9-5-8-4-6-1-2-7(8)3-6/h1-2,6-7H,3-4H2. The fraction of sp³-hybridized carbons (Fsp3) is 0.500. The summed E-state index contributed by atoms with van der Waals surface area (Å²) in [5, 5.41) is 0. The summed E-state index contributed by atoms with van der Waals surface area (Å²) in [5.74, 6) is 3.15. The van der Waals surface area contributed by atoms with Gasteiger partial charge in [0.1, 0.15) is 5.94 Å². The molecule has 46 valence electrons. The molecule has 0 heterocycles. The van der Waals surface area contributed by atoms with Crippen molar-refractivity contribution in [2.45, 2.75) is 12.8 Å². The maximum Gasteiger partial charge on any atom is 0.124 e. The Balaban J connectivity index is 2.39. The van der Waals surface area contributed by atoms with Gasteiger partial charge < -0.3 is 0 Å². The molecule has 1 fully saturated rings. The zero-order valence-corrected chi connectivity index (χ0v) is 5.13. The highest BCUT2D eigenvalue weighted by atomic mass is 16.1. The first-order valence-corrected chi connectivity index (χ1v) is 3.32. The van der Waals surface area contributed by atoms with Crippen molar-refractivity contribution >= 4 is 5.94 Å². The third-order valence-electron chi connectivity index (χ3n) is 2.23. The van der Waals surface area contributed by atoms with E-state index in [9.17, 15) is 4.79 Å². The molecule has 2 aliphatic rings. The van der Waals surface area contributed by atoms with Gasteiger partial charge in [-0.2, -0.15) is 0 Å². The van der Waals surface area contributed by atoms with Crippen LogP contribution in [-0.4, -0.2) is 5.94 Å². The molecular weight excluding hydrogens is 112 g/mol. The molecule has 9 heavy (non-hydrogen) atoms. The number of fused-ring (bicyclic) bond motifs is 2. The molecule has 0 N–H and O–H groups in total. The molecule has 0 aromatic carbocycles. The quantitative estimate of drug-likeness (QED) is 0.348. The van der Waals surface area contributed by atoms with Crippen molar-refractivity contribution in [1.29, 1.82) is 0 Å². The molecule has 2 atom stereocenters. The van der Waals surface area contributed by atoms with E-state index in [0.717, 1.165) is 12.0 Å². The maximum atomic E-state index is 10.2. The first-order valence-electron chi connectivity index (χ1n) is 3.32. The summed E-state index contributed by atoms with van der Waals surface area (Å²) in [6.45, 7) is 0. The summed E-state index contributed by atoms with van der Waals surface area (Å²) < 4.78 is 0. The maximum absolute atomic E-state index is 10.2. The third-order valence-corrected chi connectivity index (χ3v) is 2.23. The van der Waals surface area contributed by atoms with Gasteiger partial charge in [-0.05, 0) is 18.8 Å². The van der Waals surface area contributed by atoms with Crippen LogP contribution in [-0.2, 0) is 4.79 Å². The lowest BCUT2D eigenvalue weighted by atomic mass is 10.0. The van der Waals surface area contributed by atoms with Gasteiger partial charge >= 0.3 is 0 Å². The Morgan fingerprint density at radius 1 is 1.56 bits per heavy atom. The van der Waals surface area contributed by atoms with Crippen LogP contribution in [0.15, 0.2) is 17.7 Å². The SMILES string of the molecule is O=C=C1CC2C=CC1C2. The fourth-order valence-corrected chi connectivity index (χ4v) is 1.74.